The summed E-state index contributed by atoms with van der Waals surface area (Å²) in [6, 6.07) is 15.8. The van der Waals surface area contributed by atoms with E-state index in [1.54, 1.807) is 13.0 Å². The summed E-state index contributed by atoms with van der Waals surface area (Å²) < 4.78 is 0. The molecule has 0 aliphatic heterocycles. The molecule has 3 aromatic rings. The van der Waals surface area contributed by atoms with E-state index in [2.05, 4.69) is 45.7 Å². The molecule has 3 N–H and O–H groups in total. The molecule has 0 atom stereocenters. The smallest absolute Gasteiger partial charge is 0.161 e. The monoisotopic (exact) mass is 432 g/mol. The standard InChI is InChI=1S/C24H25ClN6/c1-4-5-6-17-8-10-18(11-9-17)28-24-22(16(3)19(14-26)23(27)29-24)31-30-21-13-15(2)7-12-20(21)25/h7-13H,4-6H2,1-3H3,(H3,27,28,29). The van der Waals surface area contributed by atoms with Gasteiger partial charge in [-0.1, -0.05) is 43.1 Å². The summed E-state index contributed by atoms with van der Waals surface area (Å²) in [5.74, 6) is 0.581. The van der Waals surface area contributed by atoms with Crippen LogP contribution in [0.5, 0.6) is 0 Å². The Hall–Kier alpha value is -3.43. The molecule has 0 unspecified atom stereocenters. The van der Waals surface area contributed by atoms with Crippen molar-refractivity contribution in [2.24, 2.45) is 10.2 Å². The van der Waals surface area contributed by atoms with Crippen LogP contribution in [0.15, 0.2) is 52.7 Å². The van der Waals surface area contributed by atoms with Crippen LogP contribution in [-0.4, -0.2) is 4.98 Å². The van der Waals surface area contributed by atoms with Crippen LogP contribution in [0.25, 0.3) is 0 Å². The van der Waals surface area contributed by atoms with Crippen molar-refractivity contribution in [2.75, 3.05) is 11.1 Å². The molecule has 0 saturated carbocycles. The lowest BCUT2D eigenvalue weighted by molar-refractivity contribution is 0.795. The fourth-order valence-electron chi connectivity index (χ4n) is 3.14. The maximum atomic E-state index is 9.49. The summed E-state index contributed by atoms with van der Waals surface area (Å²) in [6.07, 6.45) is 3.37. The third-order valence-corrected chi connectivity index (χ3v) is 5.27. The van der Waals surface area contributed by atoms with E-state index in [1.807, 2.05) is 31.2 Å². The van der Waals surface area contributed by atoms with Crippen LogP contribution in [0.4, 0.5) is 28.7 Å². The van der Waals surface area contributed by atoms with Gasteiger partial charge in [0.2, 0.25) is 0 Å². The van der Waals surface area contributed by atoms with E-state index in [4.69, 9.17) is 17.3 Å². The molecule has 31 heavy (non-hydrogen) atoms. The van der Waals surface area contributed by atoms with Crippen LogP contribution in [0.3, 0.4) is 0 Å². The molecule has 0 spiro atoms. The molecule has 3 rings (SSSR count). The molecule has 6 nitrogen and oxygen atoms in total. The number of benzene rings is 2. The molecule has 0 fully saturated rings. The lowest BCUT2D eigenvalue weighted by atomic mass is 10.1. The number of halogens is 1. The molecule has 158 valence electrons. The van der Waals surface area contributed by atoms with Crippen molar-refractivity contribution in [3.05, 3.63) is 69.7 Å². The van der Waals surface area contributed by atoms with Gasteiger partial charge in [0, 0.05) is 11.3 Å². The largest absolute Gasteiger partial charge is 0.383 e. The summed E-state index contributed by atoms with van der Waals surface area (Å²) in [6.45, 7) is 5.91. The van der Waals surface area contributed by atoms with Crippen molar-refractivity contribution in [3.8, 4) is 6.07 Å². The van der Waals surface area contributed by atoms with Crippen molar-refractivity contribution in [1.29, 1.82) is 5.26 Å². The van der Waals surface area contributed by atoms with Gasteiger partial charge < -0.3 is 11.1 Å². The molecular formula is C24H25ClN6. The molecule has 0 aliphatic carbocycles. The first kappa shape index (κ1) is 22.3. The van der Waals surface area contributed by atoms with Gasteiger partial charge in [0.25, 0.3) is 0 Å². The summed E-state index contributed by atoms with van der Waals surface area (Å²) in [5, 5.41) is 22.0. The zero-order chi connectivity index (χ0) is 22.4. The van der Waals surface area contributed by atoms with Crippen LogP contribution in [0.1, 0.15) is 42.0 Å². The van der Waals surface area contributed by atoms with Crippen molar-refractivity contribution in [1.82, 2.24) is 4.98 Å². The normalized spacial score (nSPS) is 10.9. The molecule has 2 aromatic carbocycles. The quantitative estimate of drug-likeness (QED) is 0.382. The van der Waals surface area contributed by atoms with Crippen LogP contribution in [-0.2, 0) is 6.42 Å². The second-order valence-electron chi connectivity index (χ2n) is 7.39. The molecule has 1 aromatic heterocycles. The third kappa shape index (κ3) is 5.39. The molecular weight excluding hydrogens is 408 g/mol. The fraction of sp³-hybridized carbons (Fsp3) is 0.250. The van der Waals surface area contributed by atoms with Crippen molar-refractivity contribution >= 4 is 40.3 Å². The average molecular weight is 433 g/mol. The first-order valence-electron chi connectivity index (χ1n) is 10.2. The van der Waals surface area contributed by atoms with E-state index in [9.17, 15) is 5.26 Å². The first-order chi connectivity index (χ1) is 14.9. The number of hydrogen-bond donors (Lipinski definition) is 2. The van der Waals surface area contributed by atoms with Crippen molar-refractivity contribution in [3.63, 3.8) is 0 Å². The molecule has 1 heterocycles. The SMILES string of the molecule is CCCCc1ccc(Nc2nc(N)c(C#N)c(C)c2N=Nc2cc(C)ccc2Cl)cc1. The Labute approximate surface area is 187 Å². The van der Waals surface area contributed by atoms with E-state index >= 15 is 0 Å². The van der Waals surface area contributed by atoms with Crippen LogP contribution in [0, 0.1) is 25.2 Å². The number of nitrogens with two attached hydrogens (primary N) is 1. The third-order valence-electron chi connectivity index (χ3n) is 4.95. The summed E-state index contributed by atoms with van der Waals surface area (Å²) in [7, 11) is 0. The highest BCUT2D eigenvalue weighted by molar-refractivity contribution is 6.32. The van der Waals surface area contributed by atoms with Gasteiger partial charge in [-0.2, -0.15) is 5.26 Å². The minimum absolute atomic E-state index is 0.148. The van der Waals surface area contributed by atoms with E-state index in [0.29, 0.717) is 27.8 Å². The Balaban J connectivity index is 1.99. The number of hydrogen-bond acceptors (Lipinski definition) is 6. The fourth-order valence-corrected chi connectivity index (χ4v) is 3.30. The maximum Gasteiger partial charge on any atom is 0.161 e. The number of aryl methyl sites for hydroxylation is 2. The number of pyridine rings is 1. The number of nitrogen functional groups attached to an aromatic ring is 1. The topological polar surface area (TPSA) is 99.4 Å². The highest BCUT2D eigenvalue weighted by Crippen LogP contribution is 2.36. The van der Waals surface area contributed by atoms with Crippen LogP contribution in [0.2, 0.25) is 5.02 Å². The van der Waals surface area contributed by atoms with E-state index in [-0.39, 0.29) is 11.4 Å². The Bertz CT molecular complexity index is 1150. The van der Waals surface area contributed by atoms with Gasteiger partial charge in [-0.3, -0.25) is 0 Å². The molecule has 0 amide bonds. The van der Waals surface area contributed by atoms with Gasteiger partial charge >= 0.3 is 0 Å². The highest BCUT2D eigenvalue weighted by atomic mass is 35.5. The molecule has 0 bridgehead atoms. The van der Waals surface area contributed by atoms with Gasteiger partial charge in [0.05, 0.1) is 10.6 Å². The summed E-state index contributed by atoms with van der Waals surface area (Å²) >= 11 is 6.25. The van der Waals surface area contributed by atoms with Gasteiger partial charge in [0.15, 0.2) is 5.82 Å². The Morgan fingerprint density at radius 1 is 1.13 bits per heavy atom. The average Bonchev–Trinajstić information content (AvgIpc) is 2.75. The Morgan fingerprint density at radius 2 is 1.87 bits per heavy atom. The predicted octanol–water partition coefficient (Wildman–Crippen LogP) is 7.31. The molecule has 0 aliphatic rings. The Morgan fingerprint density at radius 3 is 2.55 bits per heavy atom. The lowest BCUT2D eigenvalue weighted by Gasteiger charge is -2.13. The number of anilines is 3. The van der Waals surface area contributed by atoms with Gasteiger partial charge in [-0.05, 0) is 62.1 Å². The van der Waals surface area contributed by atoms with E-state index in [1.165, 1.54) is 5.56 Å². The lowest BCUT2D eigenvalue weighted by Crippen LogP contribution is -2.03. The number of rotatable bonds is 7. The van der Waals surface area contributed by atoms with Crippen LogP contribution >= 0.6 is 11.6 Å². The summed E-state index contributed by atoms with van der Waals surface area (Å²) in [4.78, 5) is 4.38. The first-order valence-corrected chi connectivity index (χ1v) is 10.5. The minimum Gasteiger partial charge on any atom is -0.383 e. The number of azo groups is 1. The molecule has 7 heteroatoms. The van der Waals surface area contributed by atoms with E-state index < -0.39 is 0 Å². The van der Waals surface area contributed by atoms with Gasteiger partial charge in [-0.25, -0.2) is 4.98 Å². The van der Waals surface area contributed by atoms with Gasteiger partial charge in [0.1, 0.15) is 23.3 Å². The second kappa shape index (κ2) is 10.1. The summed E-state index contributed by atoms with van der Waals surface area (Å²) in [5.41, 5.74) is 11.0. The number of nitrogens with one attached hydrogen (secondary N) is 1. The van der Waals surface area contributed by atoms with E-state index in [0.717, 1.165) is 30.5 Å². The predicted molar refractivity (Wildman–Crippen MR) is 127 cm³/mol. The number of nitrogens with zero attached hydrogens (tertiary/aromatic N) is 4. The highest BCUT2D eigenvalue weighted by Gasteiger charge is 2.16. The zero-order valence-electron chi connectivity index (χ0n) is 17.9. The molecule has 0 radical (unpaired) electrons. The number of nitriles is 1. The number of unbranched alkanes of at least 4 members (excludes halogenated alkanes) is 1. The number of aromatic nitrogens is 1. The second-order valence-corrected chi connectivity index (χ2v) is 7.79. The van der Waals surface area contributed by atoms with Crippen molar-refractivity contribution in [2.45, 2.75) is 40.0 Å². The van der Waals surface area contributed by atoms with Gasteiger partial charge in [-0.15, -0.1) is 10.2 Å². The minimum atomic E-state index is 0.148. The zero-order valence-corrected chi connectivity index (χ0v) is 18.7. The Kier molecular flexibility index (Phi) is 7.22. The van der Waals surface area contributed by atoms with Crippen molar-refractivity contribution < 1.29 is 0 Å². The molecule has 0 saturated heterocycles. The van der Waals surface area contributed by atoms with Crippen LogP contribution < -0.4 is 11.1 Å². The maximum absolute atomic E-state index is 9.49.